The van der Waals surface area contributed by atoms with Gasteiger partial charge in [0.15, 0.2) is 0 Å². The number of hydrogen-bond acceptors (Lipinski definition) is 6. The van der Waals surface area contributed by atoms with E-state index in [-0.39, 0.29) is 12.0 Å². The molecule has 84 valence electrons. The number of nitrogens with one attached hydrogen (secondary N) is 3. The minimum atomic E-state index is -0.776. The standard InChI is InChI=1S/C6H12N6O3/c7-10-4(13)1-3(6(15)12-9)2-5(14)11-8/h1H,2,7-9H2,(H,10,13)(H,11,14)(H,12,15). The summed E-state index contributed by atoms with van der Waals surface area (Å²) in [4.78, 5) is 32.7. The molecule has 9 nitrogen and oxygen atoms in total. The van der Waals surface area contributed by atoms with Crippen LogP contribution in [0.4, 0.5) is 0 Å². The predicted octanol–water partition coefficient (Wildman–Crippen LogP) is -3.73. The summed E-state index contributed by atoms with van der Waals surface area (Å²) in [6.45, 7) is 0. The van der Waals surface area contributed by atoms with E-state index >= 15 is 0 Å². The zero-order chi connectivity index (χ0) is 11.8. The fourth-order valence-electron chi connectivity index (χ4n) is 0.713. The molecular weight excluding hydrogens is 204 g/mol. The van der Waals surface area contributed by atoms with Crippen LogP contribution in [0.25, 0.3) is 0 Å². The zero-order valence-electron chi connectivity index (χ0n) is 7.74. The Balaban J connectivity index is 4.73. The lowest BCUT2D eigenvalue weighted by atomic mass is 10.1. The van der Waals surface area contributed by atoms with Crippen LogP contribution in [-0.4, -0.2) is 17.7 Å². The molecule has 15 heavy (non-hydrogen) atoms. The molecule has 0 rings (SSSR count). The Bertz CT molecular complexity index is 299. The van der Waals surface area contributed by atoms with E-state index in [9.17, 15) is 14.4 Å². The van der Waals surface area contributed by atoms with Crippen molar-refractivity contribution in [1.29, 1.82) is 0 Å². The molecule has 0 saturated heterocycles. The molecule has 0 aromatic carbocycles. The fourth-order valence-corrected chi connectivity index (χ4v) is 0.713. The van der Waals surface area contributed by atoms with Crippen molar-refractivity contribution in [2.75, 3.05) is 0 Å². The summed E-state index contributed by atoms with van der Waals surface area (Å²) in [6, 6.07) is 0. The van der Waals surface area contributed by atoms with Crippen LogP contribution < -0.4 is 33.8 Å². The van der Waals surface area contributed by atoms with Crippen LogP contribution in [0.15, 0.2) is 11.6 Å². The van der Waals surface area contributed by atoms with Crippen molar-refractivity contribution < 1.29 is 14.4 Å². The van der Waals surface area contributed by atoms with Crippen molar-refractivity contribution in [3.8, 4) is 0 Å². The number of carbonyl (C=O) groups is 3. The second kappa shape index (κ2) is 6.48. The lowest BCUT2D eigenvalue weighted by Gasteiger charge is -2.04. The Morgan fingerprint density at radius 3 is 2.00 bits per heavy atom. The summed E-state index contributed by atoms with van der Waals surface area (Å²) in [5.41, 5.74) is 5.18. The monoisotopic (exact) mass is 216 g/mol. The van der Waals surface area contributed by atoms with Gasteiger partial charge in [0.2, 0.25) is 5.91 Å². The van der Waals surface area contributed by atoms with Gasteiger partial charge < -0.3 is 0 Å². The molecule has 9 N–H and O–H groups in total. The molecule has 0 saturated carbocycles. The van der Waals surface area contributed by atoms with Gasteiger partial charge >= 0.3 is 0 Å². The van der Waals surface area contributed by atoms with Crippen molar-refractivity contribution in [2.45, 2.75) is 6.42 Å². The summed E-state index contributed by atoms with van der Waals surface area (Å²) >= 11 is 0. The van der Waals surface area contributed by atoms with Gasteiger partial charge in [0.25, 0.3) is 11.8 Å². The van der Waals surface area contributed by atoms with Gasteiger partial charge in [-0.25, -0.2) is 17.5 Å². The first-order valence-corrected chi connectivity index (χ1v) is 3.76. The quantitative estimate of drug-likeness (QED) is 0.122. The molecule has 0 aliphatic rings. The Kier molecular flexibility index (Phi) is 5.63. The van der Waals surface area contributed by atoms with Crippen molar-refractivity contribution in [2.24, 2.45) is 17.5 Å². The average Bonchev–Trinajstić information content (AvgIpc) is 2.26. The Morgan fingerprint density at radius 1 is 1.00 bits per heavy atom. The number of amides is 3. The second-order valence-electron chi connectivity index (χ2n) is 2.40. The topological polar surface area (TPSA) is 165 Å². The summed E-state index contributed by atoms with van der Waals surface area (Å²) in [5, 5.41) is 0. The van der Waals surface area contributed by atoms with Gasteiger partial charge in [-0.2, -0.15) is 0 Å². The highest BCUT2D eigenvalue weighted by Crippen LogP contribution is 2.00. The van der Waals surface area contributed by atoms with E-state index in [4.69, 9.17) is 17.5 Å². The highest BCUT2D eigenvalue weighted by Gasteiger charge is 2.13. The van der Waals surface area contributed by atoms with Gasteiger partial charge in [-0.15, -0.1) is 0 Å². The van der Waals surface area contributed by atoms with Crippen molar-refractivity contribution in [3.05, 3.63) is 11.6 Å². The smallest absolute Gasteiger partial charge is 0.261 e. The lowest BCUT2D eigenvalue weighted by molar-refractivity contribution is -0.123. The molecule has 0 radical (unpaired) electrons. The molecule has 0 fully saturated rings. The molecule has 0 unspecified atom stereocenters. The van der Waals surface area contributed by atoms with Crippen molar-refractivity contribution in [1.82, 2.24) is 16.3 Å². The molecule has 3 amide bonds. The van der Waals surface area contributed by atoms with Gasteiger partial charge in [-0.05, 0) is 0 Å². The van der Waals surface area contributed by atoms with E-state index in [1.54, 1.807) is 16.3 Å². The lowest BCUT2D eigenvalue weighted by Crippen LogP contribution is -2.37. The molecular formula is C6H12N6O3. The predicted molar refractivity (Wildman–Crippen MR) is 49.7 cm³/mol. The van der Waals surface area contributed by atoms with Gasteiger partial charge in [-0.3, -0.25) is 30.7 Å². The third kappa shape index (κ3) is 4.71. The first-order chi connectivity index (χ1) is 7.04. The number of hydrazine groups is 3. The third-order valence-corrected chi connectivity index (χ3v) is 1.38. The Morgan fingerprint density at radius 2 is 1.60 bits per heavy atom. The van der Waals surface area contributed by atoms with E-state index in [0.29, 0.717) is 0 Å². The molecule has 0 aliphatic carbocycles. The SMILES string of the molecule is NNC(=O)C=C(CC(=O)NN)C(=O)NN. The van der Waals surface area contributed by atoms with E-state index in [1.165, 1.54) is 0 Å². The van der Waals surface area contributed by atoms with Crippen LogP contribution in [-0.2, 0) is 14.4 Å². The largest absolute Gasteiger partial charge is 0.294 e. The molecule has 0 aliphatic heterocycles. The highest BCUT2D eigenvalue weighted by molar-refractivity contribution is 6.03. The number of hydrogen-bond donors (Lipinski definition) is 6. The van der Waals surface area contributed by atoms with E-state index in [1.807, 2.05) is 0 Å². The van der Waals surface area contributed by atoms with Crippen molar-refractivity contribution in [3.63, 3.8) is 0 Å². The highest BCUT2D eigenvalue weighted by atomic mass is 16.2. The Hall–Kier alpha value is -1.97. The summed E-state index contributed by atoms with van der Waals surface area (Å²) in [7, 11) is 0. The minimum Gasteiger partial charge on any atom is -0.294 e. The van der Waals surface area contributed by atoms with Crippen LogP contribution in [0.5, 0.6) is 0 Å². The van der Waals surface area contributed by atoms with Crippen LogP contribution >= 0.6 is 0 Å². The maximum Gasteiger partial charge on any atom is 0.261 e. The van der Waals surface area contributed by atoms with Crippen LogP contribution in [0.3, 0.4) is 0 Å². The normalized spacial score (nSPS) is 10.5. The summed E-state index contributed by atoms with van der Waals surface area (Å²) in [6.07, 6.45) is 0.463. The second-order valence-corrected chi connectivity index (χ2v) is 2.40. The first-order valence-electron chi connectivity index (χ1n) is 3.76. The van der Waals surface area contributed by atoms with E-state index in [2.05, 4.69) is 0 Å². The molecule has 0 bridgehead atoms. The average molecular weight is 216 g/mol. The van der Waals surface area contributed by atoms with Gasteiger partial charge in [-0.1, -0.05) is 0 Å². The molecule has 0 atom stereocenters. The first kappa shape index (κ1) is 13.0. The zero-order valence-corrected chi connectivity index (χ0v) is 7.74. The minimum absolute atomic E-state index is 0.164. The fraction of sp³-hybridized carbons (Fsp3) is 0.167. The third-order valence-electron chi connectivity index (χ3n) is 1.38. The van der Waals surface area contributed by atoms with E-state index in [0.717, 1.165) is 6.08 Å². The molecule has 0 spiro atoms. The Labute approximate surface area is 84.9 Å². The molecule has 0 aromatic rings. The van der Waals surface area contributed by atoms with Gasteiger partial charge in [0.05, 0.1) is 6.42 Å². The number of nitrogens with two attached hydrogens (primary N) is 3. The molecule has 0 heterocycles. The van der Waals surface area contributed by atoms with Crippen LogP contribution in [0.1, 0.15) is 6.42 Å². The summed E-state index contributed by atoms with van der Waals surface area (Å²) in [5.74, 6) is 12.3. The number of rotatable bonds is 4. The molecule has 9 heteroatoms. The van der Waals surface area contributed by atoms with E-state index < -0.39 is 17.7 Å². The summed E-state index contributed by atoms with van der Waals surface area (Å²) < 4.78 is 0. The molecule has 0 aromatic heterocycles. The van der Waals surface area contributed by atoms with Crippen molar-refractivity contribution >= 4 is 17.7 Å². The maximum atomic E-state index is 11.1. The maximum absolute atomic E-state index is 11.1. The van der Waals surface area contributed by atoms with Gasteiger partial charge in [0.1, 0.15) is 0 Å². The van der Waals surface area contributed by atoms with Crippen LogP contribution in [0.2, 0.25) is 0 Å². The van der Waals surface area contributed by atoms with Gasteiger partial charge in [0, 0.05) is 11.6 Å². The number of carbonyl (C=O) groups excluding carboxylic acids is 3. The van der Waals surface area contributed by atoms with Crippen LogP contribution in [0, 0.1) is 0 Å².